The maximum absolute atomic E-state index is 12.0. The van der Waals surface area contributed by atoms with E-state index in [-0.39, 0.29) is 11.3 Å². The molecule has 2 rings (SSSR count). The molecule has 0 fully saturated rings. The number of aromatic hydroxyl groups is 1. The fourth-order valence-corrected chi connectivity index (χ4v) is 1.90. The summed E-state index contributed by atoms with van der Waals surface area (Å²) >= 11 is 11.7. The molecule has 19 heavy (non-hydrogen) atoms. The zero-order valence-corrected chi connectivity index (χ0v) is 11.6. The largest absolute Gasteiger partial charge is 0.507 e. The van der Waals surface area contributed by atoms with Crippen LogP contribution < -0.4 is 5.32 Å². The zero-order chi connectivity index (χ0) is 14.0. The first-order valence-corrected chi connectivity index (χ1v) is 6.29. The molecule has 98 valence electrons. The van der Waals surface area contributed by atoms with Gasteiger partial charge in [0.25, 0.3) is 5.91 Å². The van der Waals surface area contributed by atoms with Crippen LogP contribution in [-0.4, -0.2) is 11.0 Å². The number of phenolic OH excluding ortho intramolecular Hbond substituents is 1. The Balaban J connectivity index is 2.23. The lowest BCUT2D eigenvalue weighted by Gasteiger charge is -2.08. The Kier molecular flexibility index (Phi) is 3.98. The average molecular weight is 296 g/mol. The second-order valence-corrected chi connectivity index (χ2v) is 4.92. The minimum absolute atomic E-state index is 0.0578. The van der Waals surface area contributed by atoms with Crippen molar-refractivity contribution >= 4 is 34.8 Å². The van der Waals surface area contributed by atoms with E-state index in [1.807, 2.05) is 6.92 Å². The molecule has 0 saturated carbocycles. The van der Waals surface area contributed by atoms with E-state index in [1.54, 1.807) is 30.3 Å². The topological polar surface area (TPSA) is 49.3 Å². The molecule has 0 radical (unpaired) electrons. The van der Waals surface area contributed by atoms with Gasteiger partial charge in [0.2, 0.25) is 0 Å². The van der Waals surface area contributed by atoms with E-state index in [0.717, 1.165) is 5.56 Å². The van der Waals surface area contributed by atoms with Crippen molar-refractivity contribution in [3.05, 3.63) is 57.6 Å². The molecule has 0 spiro atoms. The first-order chi connectivity index (χ1) is 8.97. The van der Waals surface area contributed by atoms with E-state index in [9.17, 15) is 9.90 Å². The van der Waals surface area contributed by atoms with E-state index >= 15 is 0 Å². The molecule has 0 bridgehead atoms. The second-order valence-electron chi connectivity index (χ2n) is 4.10. The van der Waals surface area contributed by atoms with Gasteiger partial charge in [-0.1, -0.05) is 29.3 Å². The highest BCUT2D eigenvalue weighted by Crippen LogP contribution is 2.26. The van der Waals surface area contributed by atoms with Gasteiger partial charge in [0.05, 0.1) is 15.6 Å². The van der Waals surface area contributed by atoms with E-state index in [0.29, 0.717) is 15.7 Å². The van der Waals surface area contributed by atoms with Gasteiger partial charge in [0.1, 0.15) is 5.75 Å². The van der Waals surface area contributed by atoms with Crippen molar-refractivity contribution in [1.82, 2.24) is 0 Å². The lowest BCUT2D eigenvalue weighted by molar-refractivity contribution is 0.102. The van der Waals surface area contributed by atoms with Crippen molar-refractivity contribution < 1.29 is 9.90 Å². The average Bonchev–Trinajstić information content (AvgIpc) is 2.33. The fraction of sp³-hybridized carbons (Fsp3) is 0.0714. The zero-order valence-electron chi connectivity index (χ0n) is 10.1. The van der Waals surface area contributed by atoms with Crippen molar-refractivity contribution in [3.63, 3.8) is 0 Å². The Labute approximate surface area is 120 Å². The fourth-order valence-electron chi connectivity index (χ4n) is 1.61. The van der Waals surface area contributed by atoms with Gasteiger partial charge >= 0.3 is 0 Å². The van der Waals surface area contributed by atoms with Crippen LogP contribution >= 0.6 is 23.2 Å². The van der Waals surface area contributed by atoms with Crippen molar-refractivity contribution in [2.45, 2.75) is 6.92 Å². The molecule has 5 heteroatoms. The molecule has 0 aliphatic rings. The Bertz CT molecular complexity index is 641. The Morgan fingerprint density at radius 2 is 1.84 bits per heavy atom. The van der Waals surface area contributed by atoms with Crippen molar-refractivity contribution in [2.24, 2.45) is 0 Å². The van der Waals surface area contributed by atoms with Gasteiger partial charge in [-0.05, 0) is 42.8 Å². The Hall–Kier alpha value is -1.71. The van der Waals surface area contributed by atoms with Gasteiger partial charge < -0.3 is 10.4 Å². The monoisotopic (exact) mass is 295 g/mol. The van der Waals surface area contributed by atoms with Crippen molar-refractivity contribution in [3.8, 4) is 5.75 Å². The number of aryl methyl sites for hydroxylation is 1. The van der Waals surface area contributed by atoms with E-state index < -0.39 is 5.91 Å². The van der Waals surface area contributed by atoms with Crippen LogP contribution in [0.2, 0.25) is 10.0 Å². The van der Waals surface area contributed by atoms with Gasteiger partial charge in [-0.15, -0.1) is 0 Å². The standard InChI is InChI=1S/C14H11Cl2NO2/c1-8-2-4-10(13(18)6-8)14(19)17-9-3-5-11(15)12(16)7-9/h2-7,18H,1H3,(H,17,19). The quantitative estimate of drug-likeness (QED) is 0.870. The molecule has 2 N–H and O–H groups in total. The number of halogens is 2. The summed E-state index contributed by atoms with van der Waals surface area (Å²) in [6.45, 7) is 1.83. The maximum atomic E-state index is 12.0. The summed E-state index contributed by atoms with van der Waals surface area (Å²) in [5.74, 6) is -0.464. The number of carbonyl (C=O) groups is 1. The van der Waals surface area contributed by atoms with Gasteiger partial charge in [-0.2, -0.15) is 0 Å². The van der Waals surface area contributed by atoms with Gasteiger partial charge in [-0.3, -0.25) is 4.79 Å². The van der Waals surface area contributed by atoms with Crippen molar-refractivity contribution in [2.75, 3.05) is 5.32 Å². The molecule has 0 aliphatic carbocycles. The second kappa shape index (κ2) is 5.51. The van der Waals surface area contributed by atoms with Gasteiger partial charge in [0.15, 0.2) is 0 Å². The van der Waals surface area contributed by atoms with Gasteiger partial charge in [-0.25, -0.2) is 0 Å². The minimum atomic E-state index is -0.407. The van der Waals surface area contributed by atoms with E-state index in [4.69, 9.17) is 23.2 Å². The summed E-state index contributed by atoms with van der Waals surface area (Å²) < 4.78 is 0. The normalized spacial score (nSPS) is 10.3. The van der Waals surface area contributed by atoms with Crippen LogP contribution in [0.5, 0.6) is 5.75 Å². The van der Waals surface area contributed by atoms with Crippen LogP contribution in [0.3, 0.4) is 0 Å². The molecule has 0 aliphatic heterocycles. The predicted octanol–water partition coefficient (Wildman–Crippen LogP) is 4.26. The molecule has 3 nitrogen and oxygen atoms in total. The number of nitrogens with one attached hydrogen (secondary N) is 1. The molecule has 2 aromatic carbocycles. The molecule has 0 unspecified atom stereocenters. The van der Waals surface area contributed by atoms with Crippen LogP contribution in [0.15, 0.2) is 36.4 Å². The molecule has 0 saturated heterocycles. The van der Waals surface area contributed by atoms with Crippen LogP contribution in [0.1, 0.15) is 15.9 Å². The first kappa shape index (κ1) is 13.7. The van der Waals surface area contributed by atoms with Crippen LogP contribution in [0.25, 0.3) is 0 Å². The van der Waals surface area contributed by atoms with Crippen molar-refractivity contribution in [1.29, 1.82) is 0 Å². The first-order valence-electron chi connectivity index (χ1n) is 5.53. The summed E-state index contributed by atoms with van der Waals surface area (Å²) in [4.78, 5) is 12.0. The lowest BCUT2D eigenvalue weighted by atomic mass is 10.1. The number of hydrogen-bond donors (Lipinski definition) is 2. The summed E-state index contributed by atoms with van der Waals surface area (Å²) in [6, 6.07) is 9.63. The highest BCUT2D eigenvalue weighted by Gasteiger charge is 2.11. The molecule has 0 heterocycles. The molecule has 0 aromatic heterocycles. The SMILES string of the molecule is Cc1ccc(C(=O)Nc2ccc(Cl)c(Cl)c2)c(O)c1. The van der Waals surface area contributed by atoms with E-state index in [2.05, 4.69) is 5.32 Å². The number of benzene rings is 2. The third-order valence-corrected chi connectivity index (χ3v) is 3.31. The highest BCUT2D eigenvalue weighted by atomic mass is 35.5. The maximum Gasteiger partial charge on any atom is 0.259 e. The smallest absolute Gasteiger partial charge is 0.259 e. The molecular weight excluding hydrogens is 285 g/mol. The third kappa shape index (κ3) is 3.19. The number of carbonyl (C=O) groups excluding carboxylic acids is 1. The molecular formula is C14H11Cl2NO2. The summed E-state index contributed by atoms with van der Waals surface area (Å²) in [6.07, 6.45) is 0. The van der Waals surface area contributed by atoms with Gasteiger partial charge in [0, 0.05) is 5.69 Å². The summed E-state index contributed by atoms with van der Waals surface area (Å²) in [5, 5.41) is 13.1. The Morgan fingerprint density at radius 3 is 2.47 bits per heavy atom. The minimum Gasteiger partial charge on any atom is -0.507 e. The molecule has 2 aromatic rings. The summed E-state index contributed by atoms with van der Waals surface area (Å²) in [5.41, 5.74) is 1.60. The molecule has 0 atom stereocenters. The predicted molar refractivity (Wildman–Crippen MR) is 77.3 cm³/mol. The highest BCUT2D eigenvalue weighted by molar-refractivity contribution is 6.42. The summed E-state index contributed by atoms with van der Waals surface area (Å²) in [7, 11) is 0. The van der Waals surface area contributed by atoms with Crippen LogP contribution in [0, 0.1) is 6.92 Å². The number of anilines is 1. The number of phenols is 1. The lowest BCUT2D eigenvalue weighted by Crippen LogP contribution is -2.12. The number of rotatable bonds is 2. The Morgan fingerprint density at radius 1 is 1.11 bits per heavy atom. The number of hydrogen-bond acceptors (Lipinski definition) is 2. The third-order valence-electron chi connectivity index (χ3n) is 2.58. The van der Waals surface area contributed by atoms with Crippen LogP contribution in [-0.2, 0) is 0 Å². The molecule has 1 amide bonds. The number of amides is 1. The van der Waals surface area contributed by atoms with E-state index in [1.165, 1.54) is 6.07 Å². The van der Waals surface area contributed by atoms with Crippen LogP contribution in [0.4, 0.5) is 5.69 Å².